The Morgan fingerprint density at radius 3 is 2.14 bits per heavy atom. The van der Waals surface area contributed by atoms with Crippen LogP contribution in [-0.4, -0.2) is 45.4 Å². The summed E-state index contributed by atoms with van der Waals surface area (Å²) in [4.78, 5) is 54.2. The van der Waals surface area contributed by atoms with Gasteiger partial charge in [-0.3, -0.25) is 19.2 Å². The number of carbonyl (C=O) groups is 4. The van der Waals surface area contributed by atoms with Crippen molar-refractivity contribution in [2.75, 3.05) is 5.88 Å². The molecule has 10 heteroatoms. The Bertz CT molecular complexity index is 1190. The molecule has 6 nitrogen and oxygen atoms in total. The number of halogens is 4. The molecule has 3 atom stereocenters. The zero-order valence-corrected chi connectivity index (χ0v) is 20.6. The molecule has 1 aliphatic heterocycles. The maximum atomic E-state index is 13.8. The number of rotatable bonds is 7. The molecule has 4 rings (SSSR count). The van der Waals surface area contributed by atoms with E-state index < -0.39 is 47.2 Å². The van der Waals surface area contributed by atoms with Crippen LogP contribution in [0.5, 0.6) is 0 Å². The van der Waals surface area contributed by atoms with Crippen molar-refractivity contribution in [2.45, 2.75) is 25.3 Å². The molecule has 2 aliphatic rings. The molecule has 2 aromatic rings. The first-order chi connectivity index (χ1) is 16.7. The van der Waals surface area contributed by atoms with Crippen molar-refractivity contribution in [3.05, 3.63) is 81.6 Å². The average molecular weight is 538 g/mol. The van der Waals surface area contributed by atoms with Gasteiger partial charge in [-0.15, -0.1) is 11.6 Å². The number of fused-ring (bicyclic) bond motifs is 1. The second-order valence-corrected chi connectivity index (χ2v) is 9.50. The molecule has 35 heavy (non-hydrogen) atoms. The van der Waals surface area contributed by atoms with Crippen molar-refractivity contribution in [2.24, 2.45) is 11.8 Å². The first-order valence-corrected chi connectivity index (χ1v) is 12.2. The molecular weight excluding hydrogens is 518 g/mol. The number of amides is 3. The number of Topliss-reactive ketones (excluding diaryl/α,β-unsaturated/α-hetero) is 1. The van der Waals surface area contributed by atoms with Crippen LogP contribution in [0, 0.1) is 17.7 Å². The van der Waals surface area contributed by atoms with E-state index in [0.29, 0.717) is 12.8 Å². The number of allylic oxidation sites excluding steroid dienone is 2. The number of hydrogen-bond acceptors (Lipinski definition) is 4. The molecule has 1 heterocycles. The minimum absolute atomic E-state index is 0.00969. The zero-order chi connectivity index (χ0) is 25.3. The van der Waals surface area contributed by atoms with Gasteiger partial charge in [0.25, 0.3) is 17.7 Å². The van der Waals surface area contributed by atoms with Crippen molar-refractivity contribution in [3.63, 3.8) is 0 Å². The van der Waals surface area contributed by atoms with Crippen LogP contribution in [0.25, 0.3) is 0 Å². The van der Waals surface area contributed by atoms with Crippen LogP contribution in [0.15, 0.2) is 54.6 Å². The summed E-state index contributed by atoms with van der Waals surface area (Å²) in [6, 6.07) is 7.60. The highest BCUT2D eigenvalue weighted by Gasteiger charge is 2.53. The van der Waals surface area contributed by atoms with Gasteiger partial charge in [-0.1, -0.05) is 35.4 Å². The van der Waals surface area contributed by atoms with Gasteiger partial charge >= 0.3 is 0 Å². The number of ketones is 1. The quantitative estimate of drug-likeness (QED) is 0.207. The fourth-order valence-electron chi connectivity index (χ4n) is 4.43. The van der Waals surface area contributed by atoms with E-state index in [9.17, 15) is 23.6 Å². The van der Waals surface area contributed by atoms with E-state index in [-0.39, 0.29) is 33.5 Å². The Hall–Kier alpha value is -2.74. The largest absolute Gasteiger partial charge is 0.292 e. The van der Waals surface area contributed by atoms with Gasteiger partial charge in [0.1, 0.15) is 11.9 Å². The lowest BCUT2D eigenvalue weighted by atomic mass is 9.85. The van der Waals surface area contributed by atoms with Gasteiger partial charge < -0.3 is 0 Å². The number of benzene rings is 2. The average Bonchev–Trinajstić information content (AvgIpc) is 3.09. The lowest BCUT2D eigenvalue weighted by molar-refractivity contribution is -0.156. The molecule has 1 aliphatic carbocycles. The number of carbonyl (C=O) groups excluding carboxylic acids is 4. The van der Waals surface area contributed by atoms with Crippen LogP contribution >= 0.6 is 34.8 Å². The third kappa shape index (κ3) is 4.85. The summed E-state index contributed by atoms with van der Waals surface area (Å²) in [6.45, 7) is 0. The Morgan fingerprint density at radius 1 is 1.00 bits per heavy atom. The summed E-state index contributed by atoms with van der Waals surface area (Å²) < 4.78 is 13.5. The van der Waals surface area contributed by atoms with Gasteiger partial charge in [0.05, 0.1) is 22.4 Å². The molecule has 1 saturated heterocycles. The van der Waals surface area contributed by atoms with Crippen LogP contribution < -0.4 is 0 Å². The zero-order valence-electron chi connectivity index (χ0n) is 18.3. The number of nitrogens with zero attached hydrogens (tertiary/aromatic N) is 2. The minimum atomic E-state index is -1.32. The van der Waals surface area contributed by atoms with Crippen LogP contribution in [0.2, 0.25) is 10.0 Å². The number of hydrazine groups is 1. The molecule has 182 valence electrons. The highest BCUT2D eigenvalue weighted by molar-refractivity contribution is 6.36. The second kappa shape index (κ2) is 10.5. The van der Waals surface area contributed by atoms with Gasteiger partial charge in [-0.05, 0) is 61.7 Å². The molecular formula is C25H20Cl3FN2O4. The van der Waals surface area contributed by atoms with Crippen LogP contribution in [-0.2, 0) is 9.59 Å². The highest BCUT2D eigenvalue weighted by Crippen LogP contribution is 2.38. The number of imide groups is 1. The second-order valence-electron chi connectivity index (χ2n) is 8.28. The molecule has 0 aromatic heterocycles. The van der Waals surface area contributed by atoms with Crippen molar-refractivity contribution >= 4 is 58.3 Å². The Kier molecular flexibility index (Phi) is 7.59. The Labute approximate surface area is 216 Å². The van der Waals surface area contributed by atoms with E-state index in [0.717, 1.165) is 22.2 Å². The fourth-order valence-corrected chi connectivity index (χ4v) is 5.12. The van der Waals surface area contributed by atoms with Gasteiger partial charge in [-0.2, -0.15) is 5.01 Å². The lowest BCUT2D eigenvalue weighted by Gasteiger charge is -2.36. The maximum absolute atomic E-state index is 13.8. The van der Waals surface area contributed by atoms with Crippen molar-refractivity contribution in [1.82, 2.24) is 10.0 Å². The van der Waals surface area contributed by atoms with E-state index >= 15 is 0 Å². The van der Waals surface area contributed by atoms with Gasteiger partial charge in [0, 0.05) is 16.5 Å². The fraction of sp³-hybridized carbons (Fsp3) is 0.280. The molecule has 0 N–H and O–H groups in total. The molecule has 2 aromatic carbocycles. The van der Waals surface area contributed by atoms with Crippen molar-refractivity contribution in [3.8, 4) is 0 Å². The molecule has 0 saturated carbocycles. The van der Waals surface area contributed by atoms with E-state index in [2.05, 4.69) is 0 Å². The Balaban J connectivity index is 1.83. The molecule has 0 spiro atoms. The van der Waals surface area contributed by atoms with Crippen LogP contribution in [0.1, 0.15) is 40.0 Å². The normalized spacial score (nSPS) is 20.1. The van der Waals surface area contributed by atoms with Gasteiger partial charge in [0.2, 0.25) is 0 Å². The summed E-state index contributed by atoms with van der Waals surface area (Å²) in [7, 11) is 0. The summed E-state index contributed by atoms with van der Waals surface area (Å²) in [6.07, 6.45) is 4.26. The number of hydrogen-bond donors (Lipinski definition) is 0. The van der Waals surface area contributed by atoms with Crippen LogP contribution in [0.4, 0.5) is 4.39 Å². The minimum Gasteiger partial charge on any atom is -0.292 e. The highest BCUT2D eigenvalue weighted by atomic mass is 35.5. The molecule has 3 amide bonds. The van der Waals surface area contributed by atoms with E-state index in [4.69, 9.17) is 34.8 Å². The molecule has 1 fully saturated rings. The maximum Gasteiger partial charge on any atom is 0.275 e. The smallest absolute Gasteiger partial charge is 0.275 e. The first kappa shape index (κ1) is 25.4. The molecule has 0 bridgehead atoms. The topological polar surface area (TPSA) is 74.8 Å². The van der Waals surface area contributed by atoms with Crippen LogP contribution in [0.3, 0.4) is 0 Å². The van der Waals surface area contributed by atoms with E-state index in [1.165, 1.54) is 30.3 Å². The summed E-state index contributed by atoms with van der Waals surface area (Å²) in [5.41, 5.74) is 0.0517. The SMILES string of the molecule is O=C(c1ccc(F)cc1)[C@H](CCCl)N(C(=O)c1ccc(Cl)cc1Cl)N1C(=O)[C@H]2CC=CC[C@@H]2C1=O. The van der Waals surface area contributed by atoms with Gasteiger partial charge in [-0.25, -0.2) is 9.40 Å². The standard InChI is InChI=1S/C25H20Cl3FN2O4/c26-12-11-21(22(32)14-5-8-16(29)9-6-14)30(25(35)19-10-7-15(27)13-20(19)28)31-23(33)17-3-1-2-4-18(17)24(31)34/h1-2,5-10,13,17-18,21H,3-4,11-12H2/t17-,18-,21-/m0/s1. The Morgan fingerprint density at radius 2 is 1.60 bits per heavy atom. The summed E-state index contributed by atoms with van der Waals surface area (Å²) >= 11 is 18.3. The van der Waals surface area contributed by atoms with E-state index in [1.807, 2.05) is 12.2 Å². The first-order valence-electron chi connectivity index (χ1n) is 10.9. The van der Waals surface area contributed by atoms with Crippen molar-refractivity contribution < 1.29 is 23.6 Å². The third-order valence-electron chi connectivity index (χ3n) is 6.18. The summed E-state index contributed by atoms with van der Waals surface area (Å²) in [5.74, 6) is -4.45. The van der Waals surface area contributed by atoms with E-state index in [1.54, 1.807) is 0 Å². The van der Waals surface area contributed by atoms with Gasteiger partial charge in [0.15, 0.2) is 5.78 Å². The number of alkyl halides is 1. The third-order valence-corrected chi connectivity index (χ3v) is 6.94. The molecule has 0 radical (unpaired) electrons. The molecule has 0 unspecified atom stereocenters. The predicted molar refractivity (Wildman–Crippen MR) is 130 cm³/mol. The van der Waals surface area contributed by atoms with Crippen molar-refractivity contribution in [1.29, 1.82) is 0 Å². The predicted octanol–water partition coefficient (Wildman–Crippen LogP) is 5.32. The monoisotopic (exact) mass is 536 g/mol. The summed E-state index contributed by atoms with van der Waals surface area (Å²) in [5, 5.41) is 1.91. The lowest BCUT2D eigenvalue weighted by Crippen LogP contribution is -2.57.